The predicted octanol–water partition coefficient (Wildman–Crippen LogP) is 3.94. The highest BCUT2D eigenvalue weighted by Gasteiger charge is 2.08. The molecule has 1 amide bonds. The molecule has 0 atom stereocenters. The fourth-order valence-electron chi connectivity index (χ4n) is 2.06. The number of nitrogens with zero attached hydrogens (tertiary/aromatic N) is 2. The molecule has 6 heteroatoms. The first-order valence-corrected chi connectivity index (χ1v) is 8.79. The first-order valence-electron chi connectivity index (χ1n) is 7.12. The second-order valence-electron chi connectivity index (χ2n) is 4.88. The van der Waals surface area contributed by atoms with Crippen LogP contribution in [-0.4, -0.2) is 22.4 Å². The summed E-state index contributed by atoms with van der Waals surface area (Å²) in [6.45, 7) is 0.552. The second kappa shape index (κ2) is 7.48. The van der Waals surface area contributed by atoms with Gasteiger partial charge in [-0.3, -0.25) is 9.78 Å². The zero-order valence-electron chi connectivity index (χ0n) is 12.2. The van der Waals surface area contributed by atoms with E-state index >= 15 is 0 Å². The maximum absolute atomic E-state index is 12.1. The Morgan fingerprint density at radius 1 is 1.22 bits per heavy atom. The number of nitrogens with one attached hydrogen (secondary N) is 1. The van der Waals surface area contributed by atoms with E-state index in [9.17, 15) is 4.79 Å². The van der Waals surface area contributed by atoms with E-state index < -0.39 is 0 Å². The third-order valence-corrected chi connectivity index (χ3v) is 4.60. The topological polar surface area (TPSA) is 54.9 Å². The van der Waals surface area contributed by atoms with E-state index in [-0.39, 0.29) is 5.91 Å². The van der Waals surface area contributed by atoms with Gasteiger partial charge < -0.3 is 5.32 Å². The molecule has 0 aliphatic heterocycles. The zero-order chi connectivity index (χ0) is 16.1. The maximum atomic E-state index is 12.1. The van der Waals surface area contributed by atoms with Crippen LogP contribution >= 0.6 is 27.3 Å². The highest BCUT2D eigenvalue weighted by molar-refractivity contribution is 9.10. The monoisotopic (exact) mass is 387 g/mol. The van der Waals surface area contributed by atoms with Crippen molar-refractivity contribution in [1.82, 2.24) is 15.3 Å². The Labute approximate surface area is 146 Å². The van der Waals surface area contributed by atoms with E-state index in [1.54, 1.807) is 29.7 Å². The number of benzene rings is 1. The molecule has 0 aliphatic carbocycles. The number of rotatable bonds is 5. The Hall–Kier alpha value is -2.05. The van der Waals surface area contributed by atoms with Gasteiger partial charge in [0.05, 0.1) is 11.4 Å². The molecule has 0 saturated heterocycles. The molecular weight excluding hydrogens is 374 g/mol. The third-order valence-electron chi connectivity index (χ3n) is 3.19. The van der Waals surface area contributed by atoms with E-state index in [1.165, 1.54) is 0 Å². The zero-order valence-corrected chi connectivity index (χ0v) is 14.6. The molecule has 0 radical (unpaired) electrons. The molecular formula is C17H14BrN3OS. The van der Waals surface area contributed by atoms with Crippen molar-refractivity contribution < 1.29 is 4.79 Å². The Morgan fingerprint density at radius 3 is 2.91 bits per heavy atom. The Kier molecular flexibility index (Phi) is 5.15. The lowest BCUT2D eigenvalue weighted by atomic mass is 10.2. The molecule has 0 saturated carbocycles. The van der Waals surface area contributed by atoms with Gasteiger partial charge in [0.2, 0.25) is 0 Å². The molecule has 0 unspecified atom stereocenters. The standard InChI is InChI=1S/C17H14BrN3OS/c18-13-5-3-4-12(10-13)16(22)20-9-7-14-11-23-17(21-14)15-6-1-2-8-19-15/h1-6,8,10-11H,7,9H2,(H,20,22). The lowest BCUT2D eigenvalue weighted by Gasteiger charge is -2.04. The third kappa shape index (κ3) is 4.24. The number of carbonyl (C=O) groups is 1. The van der Waals surface area contributed by atoms with E-state index in [4.69, 9.17) is 0 Å². The second-order valence-corrected chi connectivity index (χ2v) is 6.65. The van der Waals surface area contributed by atoms with Crippen molar-refractivity contribution >= 4 is 33.2 Å². The summed E-state index contributed by atoms with van der Waals surface area (Å²) in [5, 5.41) is 5.82. The summed E-state index contributed by atoms with van der Waals surface area (Å²) in [6, 6.07) is 13.1. The van der Waals surface area contributed by atoms with Gasteiger partial charge in [-0.2, -0.15) is 0 Å². The first-order chi connectivity index (χ1) is 11.2. The number of thiazole rings is 1. The minimum Gasteiger partial charge on any atom is -0.352 e. The van der Waals surface area contributed by atoms with Crippen LogP contribution in [-0.2, 0) is 6.42 Å². The van der Waals surface area contributed by atoms with E-state index in [0.717, 1.165) is 20.9 Å². The molecule has 3 aromatic rings. The molecule has 0 bridgehead atoms. The molecule has 0 fully saturated rings. The van der Waals surface area contributed by atoms with Gasteiger partial charge in [0.1, 0.15) is 5.01 Å². The summed E-state index contributed by atoms with van der Waals surface area (Å²) in [4.78, 5) is 20.9. The fraction of sp³-hybridized carbons (Fsp3) is 0.118. The average molecular weight is 388 g/mol. The van der Waals surface area contributed by atoms with E-state index in [2.05, 4.69) is 31.2 Å². The largest absolute Gasteiger partial charge is 0.352 e. The van der Waals surface area contributed by atoms with Crippen molar-refractivity contribution in [2.24, 2.45) is 0 Å². The maximum Gasteiger partial charge on any atom is 0.251 e. The summed E-state index contributed by atoms with van der Waals surface area (Å²) in [6.07, 6.45) is 2.46. The summed E-state index contributed by atoms with van der Waals surface area (Å²) < 4.78 is 0.893. The smallest absolute Gasteiger partial charge is 0.251 e. The quantitative estimate of drug-likeness (QED) is 0.721. The number of pyridine rings is 1. The van der Waals surface area contributed by atoms with Crippen molar-refractivity contribution in [3.05, 3.63) is 69.8 Å². The van der Waals surface area contributed by atoms with Crippen molar-refractivity contribution in [3.8, 4) is 10.7 Å². The van der Waals surface area contributed by atoms with Crippen LogP contribution in [0.2, 0.25) is 0 Å². The first kappa shape index (κ1) is 15.8. The number of halogens is 1. The van der Waals surface area contributed by atoms with Gasteiger partial charge >= 0.3 is 0 Å². The predicted molar refractivity (Wildman–Crippen MR) is 95.5 cm³/mol. The van der Waals surface area contributed by atoms with Crippen LogP contribution in [0.3, 0.4) is 0 Å². The van der Waals surface area contributed by atoms with Crippen molar-refractivity contribution in [1.29, 1.82) is 0 Å². The van der Waals surface area contributed by atoms with Gasteiger partial charge in [-0.1, -0.05) is 28.1 Å². The minimum absolute atomic E-state index is 0.0773. The van der Waals surface area contributed by atoms with Crippen LogP contribution in [0.5, 0.6) is 0 Å². The van der Waals surface area contributed by atoms with Crippen LogP contribution in [0.1, 0.15) is 16.1 Å². The summed E-state index contributed by atoms with van der Waals surface area (Å²) in [5.74, 6) is -0.0773. The number of carbonyl (C=O) groups excluding carboxylic acids is 1. The van der Waals surface area contributed by atoms with Crippen LogP contribution in [0.15, 0.2) is 58.5 Å². The van der Waals surface area contributed by atoms with Crippen LogP contribution in [0.25, 0.3) is 10.7 Å². The van der Waals surface area contributed by atoms with Gasteiger partial charge in [0, 0.05) is 34.6 Å². The lowest BCUT2D eigenvalue weighted by molar-refractivity contribution is 0.0954. The molecule has 2 heterocycles. The van der Waals surface area contributed by atoms with Crippen molar-refractivity contribution in [2.75, 3.05) is 6.54 Å². The summed E-state index contributed by atoms with van der Waals surface area (Å²) in [5.41, 5.74) is 2.49. The highest BCUT2D eigenvalue weighted by atomic mass is 79.9. The summed E-state index contributed by atoms with van der Waals surface area (Å²) >= 11 is 4.93. The number of amides is 1. The molecule has 3 rings (SSSR count). The van der Waals surface area contributed by atoms with Crippen molar-refractivity contribution in [2.45, 2.75) is 6.42 Å². The van der Waals surface area contributed by atoms with Gasteiger partial charge in [-0.05, 0) is 30.3 Å². The average Bonchev–Trinajstić information content (AvgIpc) is 3.04. The number of hydrogen-bond donors (Lipinski definition) is 1. The van der Waals surface area contributed by atoms with Gasteiger partial charge in [0.25, 0.3) is 5.91 Å². The number of hydrogen-bond acceptors (Lipinski definition) is 4. The van der Waals surface area contributed by atoms with Crippen LogP contribution < -0.4 is 5.32 Å². The Balaban J connectivity index is 1.55. The minimum atomic E-state index is -0.0773. The van der Waals surface area contributed by atoms with Crippen LogP contribution in [0.4, 0.5) is 0 Å². The molecule has 23 heavy (non-hydrogen) atoms. The lowest BCUT2D eigenvalue weighted by Crippen LogP contribution is -2.25. The van der Waals surface area contributed by atoms with E-state index in [0.29, 0.717) is 18.5 Å². The molecule has 0 spiro atoms. The molecule has 0 aliphatic rings. The van der Waals surface area contributed by atoms with Gasteiger partial charge in [-0.25, -0.2) is 4.98 Å². The fourth-order valence-corrected chi connectivity index (χ4v) is 3.29. The van der Waals surface area contributed by atoms with Gasteiger partial charge in [-0.15, -0.1) is 11.3 Å². The SMILES string of the molecule is O=C(NCCc1csc(-c2ccccn2)n1)c1cccc(Br)c1. The molecule has 2 aromatic heterocycles. The van der Waals surface area contributed by atoms with Gasteiger partial charge in [0.15, 0.2) is 0 Å². The normalized spacial score (nSPS) is 10.5. The molecule has 116 valence electrons. The Bertz CT molecular complexity index is 804. The van der Waals surface area contributed by atoms with E-state index in [1.807, 2.05) is 35.7 Å². The summed E-state index contributed by atoms with van der Waals surface area (Å²) in [7, 11) is 0. The van der Waals surface area contributed by atoms with Crippen molar-refractivity contribution in [3.63, 3.8) is 0 Å². The number of aromatic nitrogens is 2. The molecule has 1 aromatic carbocycles. The van der Waals surface area contributed by atoms with Crippen LogP contribution in [0, 0.1) is 0 Å². The Morgan fingerprint density at radius 2 is 2.13 bits per heavy atom. The molecule has 1 N–H and O–H groups in total. The molecule has 4 nitrogen and oxygen atoms in total. The highest BCUT2D eigenvalue weighted by Crippen LogP contribution is 2.21.